The Kier molecular flexibility index (Phi) is 4.83. The molecule has 0 atom stereocenters. The first-order valence-corrected chi connectivity index (χ1v) is 5.73. The van der Waals surface area contributed by atoms with E-state index in [-0.39, 0.29) is 0 Å². The van der Waals surface area contributed by atoms with Crippen molar-refractivity contribution in [2.75, 3.05) is 20.8 Å². The summed E-state index contributed by atoms with van der Waals surface area (Å²) in [6.45, 7) is 4.58. The van der Waals surface area contributed by atoms with Crippen molar-refractivity contribution in [2.45, 2.75) is 6.42 Å². The number of hydrogen-bond donors (Lipinski definition) is 1. The molecule has 0 unspecified atom stereocenters. The van der Waals surface area contributed by atoms with E-state index in [1.165, 1.54) is 0 Å². The molecule has 0 amide bonds. The molecule has 0 heterocycles. The molecule has 0 fully saturated rings. The van der Waals surface area contributed by atoms with Crippen LogP contribution in [0.15, 0.2) is 23.2 Å². The Hall–Kier alpha value is -1.00. The third-order valence-electron chi connectivity index (χ3n) is 2.29. The second-order valence-corrected chi connectivity index (χ2v) is 4.19. The van der Waals surface area contributed by atoms with Crippen molar-refractivity contribution in [2.24, 2.45) is 5.73 Å². The van der Waals surface area contributed by atoms with E-state index in [0.29, 0.717) is 18.0 Å². The number of nitrogens with two attached hydrogens (primary N) is 1. The summed E-state index contributed by atoms with van der Waals surface area (Å²) in [5.74, 6) is 1.37. The van der Waals surface area contributed by atoms with Crippen molar-refractivity contribution in [3.8, 4) is 11.5 Å². The molecule has 1 rings (SSSR count). The van der Waals surface area contributed by atoms with Crippen LogP contribution in [0.25, 0.3) is 5.57 Å². The normalized spacial score (nSPS) is 10.0. The van der Waals surface area contributed by atoms with Crippen LogP contribution in [0.2, 0.25) is 0 Å². The predicted octanol–water partition coefficient (Wildman–Crippen LogP) is 2.83. The second kappa shape index (κ2) is 5.92. The van der Waals surface area contributed by atoms with Crippen molar-refractivity contribution < 1.29 is 9.47 Å². The first kappa shape index (κ1) is 13.1. The summed E-state index contributed by atoms with van der Waals surface area (Å²) in [6.07, 6.45) is 0.766. The number of benzene rings is 1. The molecule has 1 aromatic rings. The fraction of sp³-hybridized carbons (Fsp3) is 0.333. The van der Waals surface area contributed by atoms with Crippen molar-refractivity contribution in [3.05, 3.63) is 28.7 Å². The summed E-state index contributed by atoms with van der Waals surface area (Å²) in [5.41, 5.74) is 7.50. The van der Waals surface area contributed by atoms with Gasteiger partial charge in [-0.05, 0) is 52.2 Å². The van der Waals surface area contributed by atoms with Crippen LogP contribution >= 0.6 is 15.9 Å². The third-order valence-corrected chi connectivity index (χ3v) is 2.88. The Bertz CT molecular complexity index is 391. The molecule has 0 aliphatic rings. The topological polar surface area (TPSA) is 44.5 Å². The molecular formula is C12H16BrNO2. The van der Waals surface area contributed by atoms with Gasteiger partial charge in [-0.15, -0.1) is 0 Å². The molecule has 0 aliphatic heterocycles. The summed E-state index contributed by atoms with van der Waals surface area (Å²) >= 11 is 3.44. The maximum atomic E-state index is 5.50. The standard InChI is InChI=1S/C12H16BrNO2/c1-8(4-5-14)9-6-10(13)12(16-3)11(7-9)15-2/h6-7H,1,4-5,14H2,2-3H3. The number of halogens is 1. The van der Waals surface area contributed by atoms with Gasteiger partial charge in [0.1, 0.15) is 0 Å². The summed E-state index contributed by atoms with van der Waals surface area (Å²) in [6, 6.07) is 3.86. The van der Waals surface area contributed by atoms with Crippen LogP contribution in [-0.4, -0.2) is 20.8 Å². The van der Waals surface area contributed by atoms with E-state index in [0.717, 1.165) is 22.0 Å². The zero-order chi connectivity index (χ0) is 12.1. The van der Waals surface area contributed by atoms with Gasteiger partial charge in [-0.2, -0.15) is 0 Å². The highest BCUT2D eigenvalue weighted by atomic mass is 79.9. The molecule has 16 heavy (non-hydrogen) atoms. The van der Waals surface area contributed by atoms with E-state index in [2.05, 4.69) is 22.5 Å². The number of methoxy groups -OCH3 is 2. The van der Waals surface area contributed by atoms with E-state index < -0.39 is 0 Å². The molecule has 0 aromatic heterocycles. The van der Waals surface area contributed by atoms with Gasteiger partial charge >= 0.3 is 0 Å². The van der Waals surface area contributed by atoms with E-state index >= 15 is 0 Å². The van der Waals surface area contributed by atoms with Crippen molar-refractivity contribution >= 4 is 21.5 Å². The summed E-state index contributed by atoms with van der Waals surface area (Å²) in [7, 11) is 3.22. The number of hydrogen-bond acceptors (Lipinski definition) is 3. The summed E-state index contributed by atoms with van der Waals surface area (Å²) in [5, 5.41) is 0. The fourth-order valence-electron chi connectivity index (χ4n) is 1.44. The van der Waals surface area contributed by atoms with E-state index in [4.69, 9.17) is 15.2 Å². The Morgan fingerprint density at radius 1 is 1.38 bits per heavy atom. The van der Waals surface area contributed by atoms with Gasteiger partial charge in [0.15, 0.2) is 11.5 Å². The number of ether oxygens (including phenoxy) is 2. The zero-order valence-electron chi connectivity index (χ0n) is 9.55. The van der Waals surface area contributed by atoms with Gasteiger partial charge in [-0.3, -0.25) is 0 Å². The monoisotopic (exact) mass is 285 g/mol. The average Bonchev–Trinajstić information content (AvgIpc) is 2.28. The van der Waals surface area contributed by atoms with Gasteiger partial charge in [0.05, 0.1) is 18.7 Å². The number of rotatable bonds is 5. The van der Waals surface area contributed by atoms with Gasteiger partial charge in [-0.1, -0.05) is 6.58 Å². The molecule has 0 saturated carbocycles. The van der Waals surface area contributed by atoms with E-state index in [9.17, 15) is 0 Å². The quantitative estimate of drug-likeness (QED) is 0.905. The first-order valence-electron chi connectivity index (χ1n) is 4.93. The van der Waals surface area contributed by atoms with Crippen molar-refractivity contribution in [3.63, 3.8) is 0 Å². The molecular weight excluding hydrogens is 270 g/mol. The highest BCUT2D eigenvalue weighted by molar-refractivity contribution is 9.10. The van der Waals surface area contributed by atoms with Gasteiger partial charge in [-0.25, -0.2) is 0 Å². The zero-order valence-corrected chi connectivity index (χ0v) is 11.1. The van der Waals surface area contributed by atoms with Gasteiger partial charge in [0.25, 0.3) is 0 Å². The molecule has 0 spiro atoms. The second-order valence-electron chi connectivity index (χ2n) is 3.34. The van der Waals surface area contributed by atoms with Crippen LogP contribution in [0, 0.1) is 0 Å². The van der Waals surface area contributed by atoms with Gasteiger partial charge < -0.3 is 15.2 Å². The highest BCUT2D eigenvalue weighted by Gasteiger charge is 2.11. The van der Waals surface area contributed by atoms with E-state index in [1.807, 2.05) is 12.1 Å². The van der Waals surface area contributed by atoms with E-state index in [1.54, 1.807) is 14.2 Å². The smallest absolute Gasteiger partial charge is 0.174 e. The van der Waals surface area contributed by atoms with Crippen LogP contribution in [0.1, 0.15) is 12.0 Å². The Morgan fingerprint density at radius 2 is 2.06 bits per heavy atom. The summed E-state index contributed by atoms with van der Waals surface area (Å²) in [4.78, 5) is 0. The van der Waals surface area contributed by atoms with Crippen molar-refractivity contribution in [1.29, 1.82) is 0 Å². The fourth-order valence-corrected chi connectivity index (χ4v) is 2.04. The van der Waals surface area contributed by atoms with Gasteiger partial charge in [0.2, 0.25) is 0 Å². The molecule has 3 nitrogen and oxygen atoms in total. The average molecular weight is 286 g/mol. The Morgan fingerprint density at radius 3 is 2.56 bits per heavy atom. The lowest BCUT2D eigenvalue weighted by atomic mass is 10.0. The van der Waals surface area contributed by atoms with Crippen LogP contribution in [0.4, 0.5) is 0 Å². The largest absolute Gasteiger partial charge is 0.493 e. The van der Waals surface area contributed by atoms with Crippen LogP contribution in [0.3, 0.4) is 0 Å². The first-order chi connectivity index (χ1) is 7.63. The molecule has 4 heteroatoms. The van der Waals surface area contributed by atoms with Crippen molar-refractivity contribution in [1.82, 2.24) is 0 Å². The lowest BCUT2D eigenvalue weighted by molar-refractivity contribution is 0.353. The maximum absolute atomic E-state index is 5.50. The highest BCUT2D eigenvalue weighted by Crippen LogP contribution is 2.38. The Labute approximate surface area is 104 Å². The molecule has 0 radical (unpaired) electrons. The molecule has 1 aromatic carbocycles. The minimum Gasteiger partial charge on any atom is -0.493 e. The van der Waals surface area contributed by atoms with Crippen LogP contribution < -0.4 is 15.2 Å². The van der Waals surface area contributed by atoms with Crippen LogP contribution in [0.5, 0.6) is 11.5 Å². The summed E-state index contributed by atoms with van der Waals surface area (Å²) < 4.78 is 11.3. The molecule has 0 saturated heterocycles. The minimum absolute atomic E-state index is 0.588. The predicted molar refractivity (Wildman–Crippen MR) is 70.0 cm³/mol. The minimum atomic E-state index is 0.588. The lowest BCUT2D eigenvalue weighted by Crippen LogP contribution is -2.00. The van der Waals surface area contributed by atoms with Gasteiger partial charge in [0, 0.05) is 0 Å². The molecule has 0 aliphatic carbocycles. The molecule has 0 bridgehead atoms. The lowest BCUT2D eigenvalue weighted by Gasteiger charge is -2.13. The Balaban J connectivity index is 3.15. The molecule has 88 valence electrons. The third kappa shape index (κ3) is 2.77. The SMILES string of the molecule is C=C(CCN)c1cc(Br)c(OC)c(OC)c1. The van der Waals surface area contributed by atoms with Crippen LogP contribution in [-0.2, 0) is 0 Å². The maximum Gasteiger partial charge on any atom is 0.174 e. The molecule has 2 N–H and O–H groups in total.